The minimum atomic E-state index is -4.70. The minimum Gasteiger partial charge on any atom is -0.345 e. The van der Waals surface area contributed by atoms with Crippen LogP contribution in [0.1, 0.15) is 29.8 Å². The molecule has 3 rings (SSSR count). The number of carbonyl (C=O) groups is 1. The third kappa shape index (κ3) is 3.87. The number of nitrogens with one attached hydrogen (secondary N) is 2. The van der Waals surface area contributed by atoms with E-state index in [1.807, 2.05) is 0 Å². The van der Waals surface area contributed by atoms with Crippen LogP contribution in [-0.2, 0) is 17.1 Å². The molecule has 1 aliphatic rings. The third-order valence-electron chi connectivity index (χ3n) is 4.59. The lowest BCUT2D eigenvalue weighted by atomic mass is 9.77. The average Bonchev–Trinajstić information content (AvgIpc) is 2.93. The van der Waals surface area contributed by atoms with Crippen molar-refractivity contribution in [3.8, 4) is 0 Å². The number of hydrogen-bond donors (Lipinski definition) is 2. The molecule has 0 radical (unpaired) electrons. The van der Waals surface area contributed by atoms with Crippen molar-refractivity contribution in [2.24, 2.45) is 7.05 Å². The maximum Gasteiger partial charge on any atom is 0.407 e. The maximum absolute atomic E-state index is 13.3. The topological polar surface area (TPSA) is 93.1 Å². The molecule has 0 atom stereocenters. The second-order valence-electron chi connectivity index (χ2n) is 6.53. The highest BCUT2D eigenvalue weighted by atomic mass is 35.5. The number of alkyl halides is 3. The standard InChI is InChI=1S/C16H16ClF3N4O3S/c1-24-9-11(28(26,27)23-15(4-2-5-15)16(18,19)20)8-12(24)14(25)22-10-3-6-21-13(17)7-10/h3,6-9,23H,2,4-5H2,1H3,(H,21,22,25). The summed E-state index contributed by atoms with van der Waals surface area (Å²) in [6.45, 7) is 0. The maximum atomic E-state index is 13.3. The number of amides is 1. The molecule has 2 heterocycles. The van der Waals surface area contributed by atoms with Gasteiger partial charge in [0.05, 0.1) is 0 Å². The molecule has 7 nitrogen and oxygen atoms in total. The molecule has 28 heavy (non-hydrogen) atoms. The van der Waals surface area contributed by atoms with Crippen LogP contribution in [0.25, 0.3) is 0 Å². The Labute approximate surface area is 163 Å². The smallest absolute Gasteiger partial charge is 0.345 e. The van der Waals surface area contributed by atoms with Gasteiger partial charge in [0.15, 0.2) is 0 Å². The van der Waals surface area contributed by atoms with Gasteiger partial charge in [-0.3, -0.25) is 4.79 Å². The molecule has 12 heteroatoms. The normalized spacial score (nSPS) is 16.5. The van der Waals surface area contributed by atoms with Crippen LogP contribution in [0.2, 0.25) is 5.15 Å². The minimum absolute atomic E-state index is 0.0528. The summed E-state index contributed by atoms with van der Waals surface area (Å²) in [6.07, 6.45) is -2.61. The molecule has 1 amide bonds. The second-order valence-corrected chi connectivity index (χ2v) is 8.60. The summed E-state index contributed by atoms with van der Waals surface area (Å²) in [5.74, 6) is -0.652. The largest absolute Gasteiger partial charge is 0.407 e. The van der Waals surface area contributed by atoms with Crippen LogP contribution in [0.15, 0.2) is 35.5 Å². The molecular formula is C16H16ClF3N4O3S. The first kappa shape index (κ1) is 20.6. The lowest BCUT2D eigenvalue weighted by Gasteiger charge is -2.43. The molecule has 0 saturated heterocycles. The highest BCUT2D eigenvalue weighted by Gasteiger charge is 2.60. The number of pyridine rings is 1. The predicted octanol–water partition coefficient (Wildman–Crippen LogP) is 3.09. The van der Waals surface area contributed by atoms with E-state index in [1.165, 1.54) is 29.9 Å². The molecule has 0 unspecified atom stereocenters. The fraction of sp³-hybridized carbons (Fsp3) is 0.375. The fourth-order valence-corrected chi connectivity index (χ4v) is 4.56. The highest BCUT2D eigenvalue weighted by molar-refractivity contribution is 7.89. The van der Waals surface area contributed by atoms with Crippen LogP contribution in [0.4, 0.5) is 18.9 Å². The SMILES string of the molecule is Cn1cc(S(=O)(=O)NC2(C(F)(F)F)CCC2)cc1C(=O)Nc1ccnc(Cl)c1. The lowest BCUT2D eigenvalue weighted by Crippen LogP contribution is -2.62. The number of halogens is 4. The summed E-state index contributed by atoms with van der Waals surface area (Å²) < 4.78 is 67.8. The van der Waals surface area contributed by atoms with E-state index in [9.17, 15) is 26.4 Å². The molecule has 152 valence electrons. The molecule has 0 spiro atoms. The van der Waals surface area contributed by atoms with Gasteiger partial charge < -0.3 is 9.88 Å². The van der Waals surface area contributed by atoms with Crippen LogP contribution >= 0.6 is 11.6 Å². The Bertz CT molecular complexity index is 1020. The van der Waals surface area contributed by atoms with E-state index in [0.717, 1.165) is 12.3 Å². The van der Waals surface area contributed by atoms with Gasteiger partial charge in [0.1, 0.15) is 21.3 Å². The molecule has 1 fully saturated rings. The van der Waals surface area contributed by atoms with Gasteiger partial charge in [-0.2, -0.15) is 17.9 Å². The Balaban J connectivity index is 1.84. The monoisotopic (exact) mass is 436 g/mol. The van der Waals surface area contributed by atoms with E-state index in [4.69, 9.17) is 11.6 Å². The summed E-state index contributed by atoms with van der Waals surface area (Å²) >= 11 is 5.74. The van der Waals surface area contributed by atoms with Gasteiger partial charge in [-0.05, 0) is 37.5 Å². The number of hydrogen-bond acceptors (Lipinski definition) is 4. The van der Waals surface area contributed by atoms with Crippen molar-refractivity contribution < 1.29 is 26.4 Å². The fourth-order valence-electron chi connectivity index (χ4n) is 2.87. The lowest BCUT2D eigenvalue weighted by molar-refractivity contribution is -0.212. The van der Waals surface area contributed by atoms with Gasteiger partial charge in [0.25, 0.3) is 5.91 Å². The third-order valence-corrected chi connectivity index (χ3v) is 6.30. The van der Waals surface area contributed by atoms with Gasteiger partial charge in [-0.15, -0.1) is 0 Å². The molecule has 2 aromatic heterocycles. The predicted molar refractivity (Wildman–Crippen MR) is 95.6 cm³/mol. The molecule has 1 saturated carbocycles. The van der Waals surface area contributed by atoms with E-state index in [2.05, 4.69) is 10.3 Å². The van der Waals surface area contributed by atoms with Crippen molar-refractivity contribution in [2.75, 3.05) is 5.32 Å². The van der Waals surface area contributed by atoms with Crippen LogP contribution in [-0.4, -0.2) is 35.6 Å². The zero-order valence-electron chi connectivity index (χ0n) is 14.5. The van der Waals surface area contributed by atoms with Crippen molar-refractivity contribution in [1.29, 1.82) is 0 Å². The van der Waals surface area contributed by atoms with E-state index in [-0.39, 0.29) is 30.1 Å². The van der Waals surface area contributed by atoms with Crippen molar-refractivity contribution in [2.45, 2.75) is 35.9 Å². The Hall–Kier alpha value is -2.11. The molecule has 0 aliphatic heterocycles. The summed E-state index contributed by atoms with van der Waals surface area (Å²) in [7, 11) is -3.07. The first-order chi connectivity index (χ1) is 12.9. The molecule has 0 bridgehead atoms. The van der Waals surface area contributed by atoms with Gasteiger partial charge in [-0.1, -0.05) is 11.6 Å². The summed E-state index contributed by atoms with van der Waals surface area (Å²) in [5.41, 5.74) is -2.18. The Morgan fingerprint density at radius 2 is 2.00 bits per heavy atom. The average molecular weight is 437 g/mol. The molecule has 1 aliphatic carbocycles. The quantitative estimate of drug-likeness (QED) is 0.704. The number of aromatic nitrogens is 2. The second kappa shape index (κ2) is 7.05. The van der Waals surface area contributed by atoms with E-state index in [0.29, 0.717) is 5.69 Å². The van der Waals surface area contributed by atoms with E-state index in [1.54, 1.807) is 4.72 Å². The van der Waals surface area contributed by atoms with E-state index >= 15 is 0 Å². The molecule has 0 aromatic carbocycles. The Morgan fingerprint density at radius 1 is 1.32 bits per heavy atom. The number of carbonyl (C=O) groups excluding carboxylic acids is 1. The van der Waals surface area contributed by atoms with Crippen LogP contribution in [0, 0.1) is 0 Å². The number of rotatable bonds is 5. The zero-order chi connectivity index (χ0) is 20.7. The van der Waals surface area contributed by atoms with Gasteiger partial charge in [-0.25, -0.2) is 13.4 Å². The van der Waals surface area contributed by atoms with Gasteiger partial charge in [0.2, 0.25) is 10.0 Å². The van der Waals surface area contributed by atoms with Crippen LogP contribution in [0.3, 0.4) is 0 Å². The number of sulfonamides is 1. The van der Waals surface area contributed by atoms with Crippen molar-refractivity contribution >= 4 is 33.2 Å². The first-order valence-corrected chi connectivity index (χ1v) is 10.00. The molecular weight excluding hydrogens is 421 g/mol. The van der Waals surface area contributed by atoms with Crippen molar-refractivity contribution in [1.82, 2.24) is 14.3 Å². The van der Waals surface area contributed by atoms with Gasteiger partial charge >= 0.3 is 6.18 Å². The Kier molecular flexibility index (Phi) is 5.19. The van der Waals surface area contributed by atoms with Gasteiger partial charge in [0, 0.05) is 25.1 Å². The molecule has 2 aromatic rings. The van der Waals surface area contributed by atoms with Crippen LogP contribution < -0.4 is 10.0 Å². The zero-order valence-corrected chi connectivity index (χ0v) is 16.1. The first-order valence-electron chi connectivity index (χ1n) is 8.13. The number of anilines is 1. The van der Waals surface area contributed by atoms with Crippen LogP contribution in [0.5, 0.6) is 0 Å². The molecule has 2 N–H and O–H groups in total. The summed E-state index contributed by atoms with van der Waals surface area (Å²) in [5, 5.41) is 2.67. The summed E-state index contributed by atoms with van der Waals surface area (Å²) in [4.78, 5) is 15.8. The van der Waals surface area contributed by atoms with Crippen molar-refractivity contribution in [3.05, 3.63) is 41.4 Å². The number of nitrogens with zero attached hydrogens (tertiary/aromatic N) is 2. The highest BCUT2D eigenvalue weighted by Crippen LogP contribution is 2.46. The number of aryl methyl sites for hydroxylation is 1. The van der Waals surface area contributed by atoms with E-state index < -0.39 is 32.5 Å². The summed E-state index contributed by atoms with van der Waals surface area (Å²) in [6, 6.07) is 3.89. The van der Waals surface area contributed by atoms with Crippen molar-refractivity contribution in [3.63, 3.8) is 0 Å². The Morgan fingerprint density at radius 3 is 2.54 bits per heavy atom.